The van der Waals surface area contributed by atoms with E-state index >= 15 is 0 Å². The molecule has 0 aromatic heterocycles. The number of anilines is 1. The number of nitrogens with one attached hydrogen (secondary N) is 1. The Bertz CT molecular complexity index is 1030. The molecule has 0 bridgehead atoms. The number of phenolic OH excluding ortho intramolecular Hbond substituents is 1. The molecule has 174 valence electrons. The molecule has 1 aliphatic rings. The molecule has 1 aliphatic heterocycles. The summed E-state index contributed by atoms with van der Waals surface area (Å²) in [4.78, 5) is 12.8. The smallest absolute Gasteiger partial charge is 0.303 e. The maximum absolute atomic E-state index is 11.8. The van der Waals surface area contributed by atoms with Gasteiger partial charge >= 0.3 is 5.97 Å². The van der Waals surface area contributed by atoms with Gasteiger partial charge in [-0.25, -0.2) is 8.42 Å². The number of phenols is 1. The topological polar surface area (TPSA) is 127 Å². The number of aliphatic hydroxyl groups is 1. The molecule has 0 saturated carbocycles. The number of benzene rings is 2. The molecule has 2 aromatic rings. The number of aromatic hydroxyl groups is 1. The van der Waals surface area contributed by atoms with Gasteiger partial charge < -0.3 is 25.5 Å². The molecule has 1 unspecified atom stereocenters. The van der Waals surface area contributed by atoms with E-state index in [0.29, 0.717) is 12.0 Å². The van der Waals surface area contributed by atoms with Crippen LogP contribution in [0.2, 0.25) is 0 Å². The Labute approximate surface area is 188 Å². The second kappa shape index (κ2) is 10.3. The molecule has 1 atom stereocenters. The summed E-state index contributed by atoms with van der Waals surface area (Å²) >= 11 is 0. The first-order valence-corrected chi connectivity index (χ1v) is 12.5. The predicted molar refractivity (Wildman–Crippen MR) is 122 cm³/mol. The number of hydrogen-bond donors (Lipinski definition) is 4. The number of rotatable bonds is 9. The van der Waals surface area contributed by atoms with Crippen molar-refractivity contribution in [2.75, 3.05) is 30.8 Å². The van der Waals surface area contributed by atoms with E-state index in [2.05, 4.69) is 10.2 Å². The number of carboxylic acid groups (broad SMARTS) is 1. The third kappa shape index (κ3) is 6.44. The third-order valence-electron chi connectivity index (χ3n) is 5.79. The molecule has 9 heteroatoms. The van der Waals surface area contributed by atoms with Crippen molar-refractivity contribution in [1.29, 1.82) is 0 Å². The molecule has 1 heterocycles. The van der Waals surface area contributed by atoms with E-state index in [4.69, 9.17) is 5.11 Å². The minimum atomic E-state index is -3.58. The zero-order chi connectivity index (χ0) is 23.3. The fraction of sp³-hybridized carbons (Fsp3) is 0.435. The van der Waals surface area contributed by atoms with E-state index in [0.717, 1.165) is 43.4 Å². The quantitative estimate of drug-likeness (QED) is 0.446. The van der Waals surface area contributed by atoms with Crippen LogP contribution in [0.25, 0.3) is 0 Å². The summed E-state index contributed by atoms with van der Waals surface area (Å²) in [5, 5.41) is 32.4. The summed E-state index contributed by atoms with van der Waals surface area (Å²) in [7, 11) is -3.58. The first-order chi connectivity index (χ1) is 15.1. The summed E-state index contributed by atoms with van der Waals surface area (Å²) in [6, 6.07) is 12.4. The minimum absolute atomic E-state index is 0.127. The molecule has 1 fully saturated rings. The van der Waals surface area contributed by atoms with E-state index in [1.165, 1.54) is 18.2 Å². The van der Waals surface area contributed by atoms with Crippen molar-refractivity contribution in [3.63, 3.8) is 0 Å². The molecule has 4 N–H and O–H groups in total. The van der Waals surface area contributed by atoms with Crippen molar-refractivity contribution in [3.8, 4) is 5.75 Å². The Morgan fingerprint density at radius 3 is 2.41 bits per heavy atom. The number of aryl methyl sites for hydroxylation is 1. The predicted octanol–water partition coefficient (Wildman–Crippen LogP) is 2.10. The highest BCUT2D eigenvalue weighted by Crippen LogP contribution is 2.27. The van der Waals surface area contributed by atoms with Gasteiger partial charge in [0, 0.05) is 44.0 Å². The lowest BCUT2D eigenvalue weighted by molar-refractivity contribution is -0.136. The van der Waals surface area contributed by atoms with Gasteiger partial charge in [0.05, 0.1) is 6.10 Å². The van der Waals surface area contributed by atoms with E-state index in [-0.39, 0.29) is 29.7 Å². The van der Waals surface area contributed by atoms with Crippen LogP contribution in [-0.2, 0) is 21.1 Å². The van der Waals surface area contributed by atoms with E-state index in [1.807, 2.05) is 24.3 Å². The van der Waals surface area contributed by atoms with Crippen LogP contribution in [0.5, 0.6) is 5.75 Å². The number of piperidine rings is 1. The highest BCUT2D eigenvalue weighted by Gasteiger charge is 2.21. The summed E-state index contributed by atoms with van der Waals surface area (Å²) in [5.41, 5.74) is 2.56. The summed E-state index contributed by atoms with van der Waals surface area (Å²) in [6.07, 6.45) is 2.59. The van der Waals surface area contributed by atoms with Crippen molar-refractivity contribution < 1.29 is 28.5 Å². The average Bonchev–Trinajstić information content (AvgIpc) is 2.76. The fourth-order valence-corrected chi connectivity index (χ4v) is 4.70. The maximum Gasteiger partial charge on any atom is 0.303 e. The molecule has 1 saturated heterocycles. The van der Waals surface area contributed by atoms with Gasteiger partial charge in [-0.1, -0.05) is 18.2 Å². The number of aliphatic hydroxyl groups excluding tert-OH is 1. The van der Waals surface area contributed by atoms with Crippen LogP contribution in [0.1, 0.15) is 36.5 Å². The monoisotopic (exact) mass is 462 g/mol. The molecule has 3 rings (SSSR count). The molecule has 32 heavy (non-hydrogen) atoms. The largest absolute Gasteiger partial charge is 0.507 e. The molecule has 2 aromatic carbocycles. The standard InChI is InChI=1S/C23H30N2O6S/c1-32(30,31)22-14-17(5-8-20(22)26)21(27)15-24-18-10-12-25(13-11-18)19-6-2-16(3-7-19)4-9-23(28)29/h2-3,5-8,14,18,21,24,26-27H,4,9-13,15H2,1H3,(H,28,29). The van der Waals surface area contributed by atoms with Gasteiger partial charge in [0.25, 0.3) is 0 Å². The lowest BCUT2D eigenvalue weighted by Crippen LogP contribution is -2.43. The number of sulfone groups is 1. The molecule has 8 nitrogen and oxygen atoms in total. The Hall–Kier alpha value is -2.62. The second-order valence-corrected chi connectivity index (χ2v) is 10.2. The number of carbonyl (C=O) groups is 1. The molecule has 0 radical (unpaired) electrons. The highest BCUT2D eigenvalue weighted by molar-refractivity contribution is 7.90. The Balaban J connectivity index is 1.49. The first-order valence-electron chi connectivity index (χ1n) is 10.6. The van der Waals surface area contributed by atoms with Gasteiger partial charge in [0.2, 0.25) is 0 Å². The Kier molecular flexibility index (Phi) is 7.76. The van der Waals surface area contributed by atoms with Crippen LogP contribution < -0.4 is 10.2 Å². The summed E-state index contributed by atoms with van der Waals surface area (Å²) in [6.45, 7) is 2.01. The number of carboxylic acids is 1. The van der Waals surface area contributed by atoms with Crippen molar-refractivity contribution in [3.05, 3.63) is 53.6 Å². The molecular formula is C23H30N2O6S. The lowest BCUT2D eigenvalue weighted by atomic mass is 10.0. The minimum Gasteiger partial charge on any atom is -0.507 e. The van der Waals surface area contributed by atoms with E-state index in [9.17, 15) is 23.4 Å². The van der Waals surface area contributed by atoms with Gasteiger partial charge in [-0.2, -0.15) is 0 Å². The number of nitrogens with zero attached hydrogens (tertiary/aromatic N) is 1. The number of aliphatic carboxylic acids is 1. The van der Waals surface area contributed by atoms with Crippen molar-refractivity contribution in [1.82, 2.24) is 5.32 Å². The van der Waals surface area contributed by atoms with Crippen LogP contribution in [-0.4, -0.2) is 61.6 Å². The van der Waals surface area contributed by atoms with Crippen LogP contribution in [0.4, 0.5) is 5.69 Å². The van der Waals surface area contributed by atoms with Crippen LogP contribution >= 0.6 is 0 Å². The molecule has 0 aliphatic carbocycles. The third-order valence-corrected chi connectivity index (χ3v) is 6.92. The van der Waals surface area contributed by atoms with Gasteiger partial charge in [0.1, 0.15) is 10.6 Å². The molecule has 0 spiro atoms. The van der Waals surface area contributed by atoms with Crippen LogP contribution in [0.15, 0.2) is 47.4 Å². The second-order valence-electron chi connectivity index (χ2n) is 8.24. The molecule has 0 amide bonds. The molecular weight excluding hydrogens is 432 g/mol. The zero-order valence-electron chi connectivity index (χ0n) is 18.1. The highest BCUT2D eigenvalue weighted by atomic mass is 32.2. The van der Waals surface area contributed by atoms with Gasteiger partial charge in [-0.15, -0.1) is 0 Å². The normalized spacial score (nSPS) is 16.1. The van der Waals surface area contributed by atoms with E-state index < -0.39 is 21.9 Å². The zero-order valence-corrected chi connectivity index (χ0v) is 18.9. The summed E-state index contributed by atoms with van der Waals surface area (Å²) in [5.74, 6) is -1.12. The average molecular weight is 463 g/mol. The lowest BCUT2D eigenvalue weighted by Gasteiger charge is -2.34. The van der Waals surface area contributed by atoms with E-state index in [1.54, 1.807) is 0 Å². The Morgan fingerprint density at radius 1 is 1.16 bits per heavy atom. The SMILES string of the molecule is CS(=O)(=O)c1cc(C(O)CNC2CCN(c3ccc(CCC(=O)O)cc3)CC2)ccc1O. The van der Waals surface area contributed by atoms with Crippen LogP contribution in [0, 0.1) is 0 Å². The van der Waals surface area contributed by atoms with Crippen molar-refractivity contribution in [2.45, 2.75) is 42.7 Å². The van der Waals surface area contributed by atoms with Crippen LogP contribution in [0.3, 0.4) is 0 Å². The maximum atomic E-state index is 11.8. The fourth-order valence-electron chi connectivity index (χ4n) is 3.90. The van der Waals surface area contributed by atoms with Crippen molar-refractivity contribution in [2.24, 2.45) is 0 Å². The van der Waals surface area contributed by atoms with Gasteiger partial charge in [-0.05, 0) is 54.7 Å². The Morgan fingerprint density at radius 2 is 1.81 bits per heavy atom. The number of hydrogen-bond acceptors (Lipinski definition) is 7. The van der Waals surface area contributed by atoms with Gasteiger partial charge in [0.15, 0.2) is 9.84 Å². The van der Waals surface area contributed by atoms with Gasteiger partial charge in [-0.3, -0.25) is 4.79 Å². The summed E-state index contributed by atoms with van der Waals surface area (Å²) < 4.78 is 23.5. The van der Waals surface area contributed by atoms with Crippen molar-refractivity contribution >= 4 is 21.5 Å². The first kappa shape index (κ1) is 24.0.